The molecule has 4 aromatic rings. The number of alkyl halides is 3. The van der Waals surface area contributed by atoms with Crippen LogP contribution in [0.4, 0.5) is 13.2 Å². The Morgan fingerprint density at radius 3 is 2.53 bits per heavy atom. The Labute approximate surface area is 206 Å². The summed E-state index contributed by atoms with van der Waals surface area (Å²) in [6.07, 6.45) is 0.165. The minimum atomic E-state index is -4.42. The second-order valence-corrected chi connectivity index (χ2v) is 8.36. The molecule has 9 heteroatoms. The third kappa shape index (κ3) is 6.57. The summed E-state index contributed by atoms with van der Waals surface area (Å²) in [6.45, 7) is 2.68. The third-order valence-electron chi connectivity index (χ3n) is 5.77. The van der Waals surface area contributed by atoms with E-state index in [0.717, 1.165) is 23.3 Å². The number of hydrogen-bond donors (Lipinski definition) is 1. The fourth-order valence-electron chi connectivity index (χ4n) is 3.79. The average molecular weight is 495 g/mol. The quantitative estimate of drug-likeness (QED) is 0.319. The number of oxazole rings is 1. The van der Waals surface area contributed by atoms with E-state index in [1.54, 1.807) is 24.5 Å². The summed E-state index contributed by atoms with van der Waals surface area (Å²) in [5.74, 6) is -0.106. The van der Waals surface area contributed by atoms with E-state index in [1.807, 2.05) is 48.2 Å². The lowest BCUT2D eigenvalue weighted by Crippen LogP contribution is -2.27. The van der Waals surface area contributed by atoms with Gasteiger partial charge in [-0.2, -0.15) is 13.2 Å². The van der Waals surface area contributed by atoms with Gasteiger partial charge in [-0.1, -0.05) is 54.6 Å². The van der Waals surface area contributed by atoms with E-state index in [2.05, 4.69) is 15.3 Å². The molecule has 0 bridgehead atoms. The van der Waals surface area contributed by atoms with Gasteiger partial charge in [0.05, 0.1) is 12.1 Å². The summed E-state index contributed by atoms with van der Waals surface area (Å²) in [4.78, 5) is 22.8. The molecule has 186 valence electrons. The van der Waals surface area contributed by atoms with Crippen molar-refractivity contribution in [3.63, 3.8) is 0 Å². The first-order valence-electron chi connectivity index (χ1n) is 11.4. The zero-order chi connectivity index (χ0) is 25.5. The van der Waals surface area contributed by atoms with Crippen LogP contribution in [0.15, 0.2) is 89.8 Å². The third-order valence-corrected chi connectivity index (χ3v) is 5.77. The molecule has 1 amide bonds. The van der Waals surface area contributed by atoms with Gasteiger partial charge in [0.1, 0.15) is 6.26 Å². The minimum absolute atomic E-state index is 0.125. The predicted molar refractivity (Wildman–Crippen MR) is 127 cm³/mol. The van der Waals surface area contributed by atoms with Crippen LogP contribution in [-0.4, -0.2) is 20.8 Å². The maximum atomic E-state index is 13.2. The summed E-state index contributed by atoms with van der Waals surface area (Å²) in [6, 6.07) is 18.4. The summed E-state index contributed by atoms with van der Waals surface area (Å²) < 4.78 is 45.3. The van der Waals surface area contributed by atoms with Crippen molar-refractivity contribution in [2.75, 3.05) is 0 Å². The molecule has 0 fully saturated rings. The zero-order valence-corrected chi connectivity index (χ0v) is 19.6. The Kier molecular flexibility index (Phi) is 7.80. The van der Waals surface area contributed by atoms with Crippen LogP contribution in [0.25, 0.3) is 0 Å². The number of carbonyl (C=O) groups is 1. The SMILES string of the molecule is C[C@@H](c1ccccc1)N(Cc1cccc(C(F)(F)F)c1)Cc1nc(C(=O)NCc2cccnc2)co1. The lowest BCUT2D eigenvalue weighted by Gasteiger charge is -2.28. The zero-order valence-electron chi connectivity index (χ0n) is 19.6. The molecule has 6 nitrogen and oxygen atoms in total. The summed E-state index contributed by atoms with van der Waals surface area (Å²) in [5.41, 5.74) is 1.77. The van der Waals surface area contributed by atoms with Gasteiger partial charge >= 0.3 is 6.18 Å². The molecule has 1 atom stereocenters. The molecule has 0 spiro atoms. The number of carbonyl (C=O) groups excluding carboxylic acids is 1. The highest BCUT2D eigenvalue weighted by molar-refractivity contribution is 5.91. The van der Waals surface area contributed by atoms with Gasteiger partial charge in [0, 0.05) is 31.5 Å². The first-order chi connectivity index (χ1) is 17.3. The van der Waals surface area contributed by atoms with E-state index >= 15 is 0 Å². The summed E-state index contributed by atoms with van der Waals surface area (Å²) in [5, 5.41) is 2.77. The Hall–Kier alpha value is -3.98. The van der Waals surface area contributed by atoms with E-state index in [-0.39, 0.29) is 30.7 Å². The molecule has 0 unspecified atom stereocenters. The number of rotatable bonds is 9. The fourth-order valence-corrected chi connectivity index (χ4v) is 3.79. The molecule has 0 aliphatic rings. The van der Waals surface area contributed by atoms with Gasteiger partial charge in [0.2, 0.25) is 5.89 Å². The summed E-state index contributed by atoms with van der Waals surface area (Å²) >= 11 is 0. The number of halogens is 3. The number of benzene rings is 2. The van der Waals surface area contributed by atoms with Crippen LogP contribution < -0.4 is 5.32 Å². The molecule has 0 aliphatic carbocycles. The van der Waals surface area contributed by atoms with E-state index in [9.17, 15) is 18.0 Å². The Bertz CT molecular complexity index is 1280. The van der Waals surface area contributed by atoms with Crippen LogP contribution in [-0.2, 0) is 25.8 Å². The van der Waals surface area contributed by atoms with Gasteiger partial charge in [-0.25, -0.2) is 4.98 Å². The molecule has 2 aromatic heterocycles. The highest BCUT2D eigenvalue weighted by atomic mass is 19.4. The van der Waals surface area contributed by atoms with Crippen LogP contribution >= 0.6 is 0 Å². The predicted octanol–water partition coefficient (Wildman–Crippen LogP) is 5.78. The second-order valence-electron chi connectivity index (χ2n) is 8.36. The van der Waals surface area contributed by atoms with Crippen molar-refractivity contribution in [2.24, 2.45) is 0 Å². The van der Waals surface area contributed by atoms with Crippen molar-refractivity contribution in [1.82, 2.24) is 20.2 Å². The standard InChI is InChI=1S/C27H25F3N4O2/c1-19(22-9-3-2-4-10-22)34(16-20-7-5-11-23(13-20)27(28,29)30)17-25-33-24(18-36-25)26(35)32-15-21-8-6-12-31-14-21/h2-14,18-19H,15-17H2,1H3,(H,32,35)/t19-/m0/s1. The highest BCUT2D eigenvalue weighted by Gasteiger charge is 2.30. The normalized spacial score (nSPS) is 12.5. The number of aromatic nitrogens is 2. The number of nitrogens with one attached hydrogen (secondary N) is 1. The minimum Gasteiger partial charge on any atom is -0.447 e. The van der Waals surface area contributed by atoms with Gasteiger partial charge in [0.25, 0.3) is 5.91 Å². The van der Waals surface area contributed by atoms with Crippen LogP contribution in [0.2, 0.25) is 0 Å². The van der Waals surface area contributed by atoms with Gasteiger partial charge < -0.3 is 9.73 Å². The van der Waals surface area contributed by atoms with Gasteiger partial charge in [0.15, 0.2) is 5.69 Å². The van der Waals surface area contributed by atoms with E-state index in [1.165, 1.54) is 12.3 Å². The van der Waals surface area contributed by atoms with Crippen LogP contribution in [0.3, 0.4) is 0 Å². The van der Waals surface area contributed by atoms with Crippen molar-refractivity contribution in [3.05, 3.63) is 119 Å². The number of amides is 1. The summed E-state index contributed by atoms with van der Waals surface area (Å²) in [7, 11) is 0. The number of hydrogen-bond acceptors (Lipinski definition) is 5. The van der Waals surface area contributed by atoms with E-state index < -0.39 is 17.6 Å². The number of pyridine rings is 1. The lowest BCUT2D eigenvalue weighted by molar-refractivity contribution is -0.137. The van der Waals surface area contributed by atoms with Crippen molar-refractivity contribution >= 4 is 5.91 Å². The van der Waals surface area contributed by atoms with Crippen LogP contribution in [0.1, 0.15) is 51.6 Å². The second kappa shape index (κ2) is 11.2. The molecule has 0 radical (unpaired) electrons. The van der Waals surface area contributed by atoms with Crippen molar-refractivity contribution in [1.29, 1.82) is 0 Å². The fraction of sp³-hybridized carbons (Fsp3) is 0.222. The Morgan fingerprint density at radius 2 is 1.81 bits per heavy atom. The lowest BCUT2D eigenvalue weighted by atomic mass is 10.0. The first-order valence-corrected chi connectivity index (χ1v) is 11.4. The first kappa shape index (κ1) is 25.1. The molecule has 0 saturated carbocycles. The average Bonchev–Trinajstić information content (AvgIpc) is 3.36. The smallest absolute Gasteiger partial charge is 0.416 e. The maximum Gasteiger partial charge on any atom is 0.416 e. The molecule has 36 heavy (non-hydrogen) atoms. The van der Waals surface area contributed by atoms with Crippen LogP contribution in [0, 0.1) is 0 Å². The van der Waals surface area contributed by atoms with Gasteiger partial charge in [-0.05, 0) is 35.7 Å². The number of nitrogens with zero attached hydrogens (tertiary/aromatic N) is 3. The highest BCUT2D eigenvalue weighted by Crippen LogP contribution is 2.31. The molecule has 2 heterocycles. The van der Waals surface area contributed by atoms with Crippen molar-refractivity contribution in [2.45, 2.75) is 38.8 Å². The molecular weight excluding hydrogens is 469 g/mol. The van der Waals surface area contributed by atoms with Crippen molar-refractivity contribution in [3.8, 4) is 0 Å². The van der Waals surface area contributed by atoms with Crippen LogP contribution in [0.5, 0.6) is 0 Å². The molecule has 0 aliphatic heterocycles. The molecule has 4 rings (SSSR count). The maximum absolute atomic E-state index is 13.2. The Balaban J connectivity index is 1.51. The molecule has 0 saturated heterocycles. The van der Waals surface area contributed by atoms with E-state index in [4.69, 9.17) is 4.42 Å². The van der Waals surface area contributed by atoms with Gasteiger partial charge in [-0.3, -0.25) is 14.7 Å². The largest absolute Gasteiger partial charge is 0.447 e. The van der Waals surface area contributed by atoms with Crippen molar-refractivity contribution < 1.29 is 22.4 Å². The monoisotopic (exact) mass is 494 g/mol. The topological polar surface area (TPSA) is 71.3 Å². The van der Waals surface area contributed by atoms with E-state index in [0.29, 0.717) is 12.1 Å². The Morgan fingerprint density at radius 1 is 1.03 bits per heavy atom. The van der Waals surface area contributed by atoms with Gasteiger partial charge in [-0.15, -0.1) is 0 Å². The molecule has 2 aromatic carbocycles. The molecule has 1 N–H and O–H groups in total. The molecular formula is C27H25F3N4O2.